The first-order valence-electron chi connectivity index (χ1n) is 6.56. The van der Waals surface area contributed by atoms with Gasteiger partial charge in [0.15, 0.2) is 5.11 Å². The van der Waals surface area contributed by atoms with Gasteiger partial charge in [0, 0.05) is 11.3 Å². The van der Waals surface area contributed by atoms with E-state index in [0.717, 1.165) is 17.0 Å². The van der Waals surface area contributed by atoms with Crippen molar-refractivity contribution in [3.05, 3.63) is 59.9 Å². The molecule has 2 aromatic carbocycles. The van der Waals surface area contributed by atoms with E-state index in [-0.39, 0.29) is 11.9 Å². The third kappa shape index (κ3) is 4.16. The van der Waals surface area contributed by atoms with Crippen LogP contribution in [0.15, 0.2) is 48.5 Å². The van der Waals surface area contributed by atoms with Crippen LogP contribution >= 0.6 is 12.2 Å². The SMILES string of the molecule is COc1ccccc1[C@H](C)NC(=S)Nc1ccc(F)cc1. The second-order valence-corrected chi connectivity index (χ2v) is 4.98. The second kappa shape index (κ2) is 7.04. The summed E-state index contributed by atoms with van der Waals surface area (Å²) in [6.07, 6.45) is 0. The fraction of sp³-hybridized carbons (Fsp3) is 0.188. The number of benzene rings is 2. The summed E-state index contributed by atoms with van der Waals surface area (Å²) in [4.78, 5) is 0. The molecule has 0 aromatic heterocycles. The van der Waals surface area contributed by atoms with Crippen molar-refractivity contribution in [3.63, 3.8) is 0 Å². The van der Waals surface area contributed by atoms with Crippen LogP contribution in [0.1, 0.15) is 18.5 Å². The van der Waals surface area contributed by atoms with Crippen LogP contribution in [0.25, 0.3) is 0 Å². The first kappa shape index (κ1) is 15.3. The smallest absolute Gasteiger partial charge is 0.171 e. The van der Waals surface area contributed by atoms with Gasteiger partial charge in [-0.25, -0.2) is 4.39 Å². The Labute approximate surface area is 129 Å². The van der Waals surface area contributed by atoms with Crippen molar-refractivity contribution in [1.29, 1.82) is 0 Å². The third-order valence-electron chi connectivity index (χ3n) is 3.06. The zero-order chi connectivity index (χ0) is 15.2. The molecule has 3 nitrogen and oxygen atoms in total. The Morgan fingerprint density at radius 1 is 1.14 bits per heavy atom. The Morgan fingerprint density at radius 3 is 2.48 bits per heavy atom. The Hall–Kier alpha value is -2.14. The fourth-order valence-electron chi connectivity index (χ4n) is 2.00. The average Bonchev–Trinajstić information content (AvgIpc) is 2.49. The highest BCUT2D eigenvalue weighted by molar-refractivity contribution is 7.80. The number of hydrogen-bond donors (Lipinski definition) is 2. The minimum absolute atomic E-state index is 0.0124. The average molecular weight is 304 g/mol. The zero-order valence-electron chi connectivity index (χ0n) is 11.9. The maximum Gasteiger partial charge on any atom is 0.171 e. The summed E-state index contributed by atoms with van der Waals surface area (Å²) in [6.45, 7) is 2.00. The molecule has 0 aliphatic heterocycles. The molecule has 21 heavy (non-hydrogen) atoms. The number of anilines is 1. The van der Waals surface area contributed by atoms with Crippen molar-refractivity contribution >= 4 is 23.0 Å². The fourth-order valence-corrected chi connectivity index (χ4v) is 2.29. The van der Waals surface area contributed by atoms with E-state index in [1.165, 1.54) is 12.1 Å². The van der Waals surface area contributed by atoms with Crippen LogP contribution in [0.5, 0.6) is 5.75 Å². The highest BCUT2D eigenvalue weighted by Crippen LogP contribution is 2.24. The van der Waals surface area contributed by atoms with Crippen LogP contribution in [0.3, 0.4) is 0 Å². The first-order valence-corrected chi connectivity index (χ1v) is 6.97. The highest BCUT2D eigenvalue weighted by atomic mass is 32.1. The number of nitrogens with one attached hydrogen (secondary N) is 2. The summed E-state index contributed by atoms with van der Waals surface area (Å²) in [5.74, 6) is 0.531. The molecule has 0 spiro atoms. The van der Waals surface area contributed by atoms with Gasteiger partial charge in [-0.1, -0.05) is 18.2 Å². The summed E-state index contributed by atoms with van der Waals surface area (Å²) in [5.41, 5.74) is 1.75. The summed E-state index contributed by atoms with van der Waals surface area (Å²) in [7, 11) is 1.64. The minimum Gasteiger partial charge on any atom is -0.496 e. The summed E-state index contributed by atoms with van der Waals surface area (Å²) >= 11 is 5.27. The number of rotatable bonds is 4. The van der Waals surface area contributed by atoms with Gasteiger partial charge in [-0.3, -0.25) is 0 Å². The molecule has 5 heteroatoms. The van der Waals surface area contributed by atoms with Gasteiger partial charge in [0.25, 0.3) is 0 Å². The monoisotopic (exact) mass is 304 g/mol. The van der Waals surface area contributed by atoms with E-state index in [2.05, 4.69) is 10.6 Å². The van der Waals surface area contributed by atoms with Gasteiger partial charge in [0.2, 0.25) is 0 Å². The molecule has 0 bridgehead atoms. The lowest BCUT2D eigenvalue weighted by molar-refractivity contribution is 0.405. The quantitative estimate of drug-likeness (QED) is 0.840. The molecule has 0 unspecified atom stereocenters. The summed E-state index contributed by atoms with van der Waals surface area (Å²) < 4.78 is 18.2. The van der Waals surface area contributed by atoms with Gasteiger partial charge in [0.05, 0.1) is 13.2 Å². The van der Waals surface area contributed by atoms with Crippen LogP contribution in [-0.4, -0.2) is 12.2 Å². The standard InChI is InChI=1S/C16H17FN2OS/c1-11(14-5-3-4-6-15(14)20-2)18-16(21)19-13-9-7-12(17)8-10-13/h3-11H,1-2H3,(H2,18,19,21)/t11-/m0/s1. The van der Waals surface area contributed by atoms with E-state index in [0.29, 0.717) is 5.11 Å². The summed E-state index contributed by atoms with van der Waals surface area (Å²) in [5, 5.41) is 6.67. The van der Waals surface area contributed by atoms with Gasteiger partial charge >= 0.3 is 0 Å². The van der Waals surface area contributed by atoms with E-state index < -0.39 is 0 Å². The van der Waals surface area contributed by atoms with E-state index in [1.54, 1.807) is 19.2 Å². The molecule has 0 amide bonds. The predicted molar refractivity (Wildman–Crippen MR) is 87.2 cm³/mol. The van der Waals surface area contributed by atoms with E-state index in [9.17, 15) is 4.39 Å². The molecular formula is C16H17FN2OS. The van der Waals surface area contributed by atoms with E-state index in [4.69, 9.17) is 17.0 Å². The van der Waals surface area contributed by atoms with Gasteiger partial charge in [-0.15, -0.1) is 0 Å². The Bertz CT molecular complexity index is 616. The molecule has 110 valence electrons. The normalized spacial score (nSPS) is 11.6. The number of methoxy groups -OCH3 is 1. The van der Waals surface area contributed by atoms with Crippen LogP contribution in [0.4, 0.5) is 10.1 Å². The lowest BCUT2D eigenvalue weighted by Gasteiger charge is -2.19. The van der Waals surface area contributed by atoms with Crippen molar-refractivity contribution in [1.82, 2.24) is 5.32 Å². The molecule has 0 aliphatic carbocycles. The van der Waals surface area contributed by atoms with Crippen LogP contribution < -0.4 is 15.4 Å². The number of para-hydroxylation sites is 1. The van der Waals surface area contributed by atoms with Gasteiger partial charge in [-0.2, -0.15) is 0 Å². The first-order chi connectivity index (χ1) is 10.1. The molecule has 2 N–H and O–H groups in total. The molecule has 0 saturated carbocycles. The predicted octanol–water partition coefficient (Wildman–Crippen LogP) is 3.88. The molecule has 2 rings (SSSR count). The molecule has 0 heterocycles. The number of halogens is 1. The molecule has 0 radical (unpaired) electrons. The summed E-state index contributed by atoms with van der Waals surface area (Å²) in [6, 6.07) is 13.8. The number of thiocarbonyl (C=S) groups is 1. The zero-order valence-corrected chi connectivity index (χ0v) is 12.7. The Balaban J connectivity index is 2.00. The maximum atomic E-state index is 12.8. The van der Waals surface area contributed by atoms with Crippen molar-refractivity contribution in [2.75, 3.05) is 12.4 Å². The van der Waals surface area contributed by atoms with Crippen LogP contribution in [0, 0.1) is 5.82 Å². The molecular weight excluding hydrogens is 287 g/mol. The maximum absolute atomic E-state index is 12.8. The van der Waals surface area contributed by atoms with E-state index >= 15 is 0 Å². The van der Waals surface area contributed by atoms with Gasteiger partial charge in [-0.05, 0) is 49.5 Å². The van der Waals surface area contributed by atoms with Crippen molar-refractivity contribution < 1.29 is 9.13 Å². The minimum atomic E-state index is -0.276. The van der Waals surface area contributed by atoms with Gasteiger partial charge < -0.3 is 15.4 Å². The van der Waals surface area contributed by atoms with Crippen molar-refractivity contribution in [3.8, 4) is 5.75 Å². The number of ether oxygens (including phenoxy) is 1. The van der Waals surface area contributed by atoms with Crippen LogP contribution in [0.2, 0.25) is 0 Å². The molecule has 0 fully saturated rings. The lowest BCUT2D eigenvalue weighted by atomic mass is 10.1. The number of hydrogen-bond acceptors (Lipinski definition) is 2. The molecule has 0 aliphatic rings. The third-order valence-corrected chi connectivity index (χ3v) is 3.28. The second-order valence-electron chi connectivity index (χ2n) is 4.57. The van der Waals surface area contributed by atoms with Crippen molar-refractivity contribution in [2.24, 2.45) is 0 Å². The lowest BCUT2D eigenvalue weighted by Crippen LogP contribution is -2.31. The molecule has 0 saturated heterocycles. The van der Waals surface area contributed by atoms with E-state index in [1.807, 2.05) is 31.2 Å². The molecule has 2 aromatic rings. The highest BCUT2D eigenvalue weighted by Gasteiger charge is 2.11. The Morgan fingerprint density at radius 2 is 1.81 bits per heavy atom. The Kier molecular flexibility index (Phi) is 5.11. The van der Waals surface area contributed by atoms with Crippen molar-refractivity contribution in [2.45, 2.75) is 13.0 Å². The molecule has 1 atom stereocenters. The van der Waals surface area contributed by atoms with Crippen LogP contribution in [-0.2, 0) is 0 Å². The largest absolute Gasteiger partial charge is 0.496 e. The van der Waals surface area contributed by atoms with Gasteiger partial charge in [0.1, 0.15) is 11.6 Å². The topological polar surface area (TPSA) is 33.3 Å².